The van der Waals surface area contributed by atoms with Crippen molar-refractivity contribution in [3.63, 3.8) is 0 Å². The van der Waals surface area contributed by atoms with E-state index in [2.05, 4.69) is 10.0 Å². The minimum atomic E-state index is -4.32. The molecule has 0 amide bonds. The third-order valence-electron chi connectivity index (χ3n) is 2.66. The topological polar surface area (TPSA) is 58.2 Å². The van der Waals surface area contributed by atoms with Crippen LogP contribution in [0.4, 0.5) is 13.2 Å². The number of rotatable bonds is 6. The standard InChI is InChI=1S/C11H13F3N2O2S/c12-7-5-9(13)11(10(14)6-7)19(17,18)16-4-3-15-8-1-2-8/h5-6,8,15-16H,1-4H2. The normalized spacial score (nSPS) is 15.7. The number of hydrogen-bond donors (Lipinski definition) is 2. The van der Waals surface area contributed by atoms with Gasteiger partial charge in [-0.2, -0.15) is 0 Å². The van der Waals surface area contributed by atoms with Crippen LogP contribution in [0.5, 0.6) is 0 Å². The molecule has 0 spiro atoms. The number of sulfonamides is 1. The Morgan fingerprint density at radius 3 is 2.21 bits per heavy atom. The van der Waals surface area contributed by atoms with Crippen LogP contribution in [0.2, 0.25) is 0 Å². The fourth-order valence-corrected chi connectivity index (χ4v) is 2.75. The van der Waals surface area contributed by atoms with Crippen molar-refractivity contribution < 1.29 is 21.6 Å². The Morgan fingerprint density at radius 2 is 1.68 bits per heavy atom. The summed E-state index contributed by atoms with van der Waals surface area (Å²) in [6.45, 7) is 0.378. The molecule has 4 nitrogen and oxygen atoms in total. The van der Waals surface area contributed by atoms with Crippen LogP contribution >= 0.6 is 0 Å². The number of nitrogens with one attached hydrogen (secondary N) is 2. The summed E-state index contributed by atoms with van der Waals surface area (Å²) in [4.78, 5) is -1.15. The lowest BCUT2D eigenvalue weighted by Crippen LogP contribution is -2.33. The molecule has 0 unspecified atom stereocenters. The van der Waals surface area contributed by atoms with E-state index in [0.29, 0.717) is 24.7 Å². The molecule has 0 bridgehead atoms. The van der Waals surface area contributed by atoms with Crippen molar-refractivity contribution in [2.45, 2.75) is 23.8 Å². The van der Waals surface area contributed by atoms with Crippen LogP contribution in [0.25, 0.3) is 0 Å². The van der Waals surface area contributed by atoms with E-state index in [1.165, 1.54) is 0 Å². The molecule has 1 fully saturated rings. The van der Waals surface area contributed by atoms with Crippen molar-refractivity contribution in [3.8, 4) is 0 Å². The molecule has 0 aliphatic heterocycles. The molecule has 0 atom stereocenters. The highest BCUT2D eigenvalue weighted by molar-refractivity contribution is 7.89. The second-order valence-electron chi connectivity index (χ2n) is 4.32. The average Bonchev–Trinajstić information content (AvgIpc) is 3.06. The van der Waals surface area contributed by atoms with Crippen molar-refractivity contribution in [1.82, 2.24) is 10.0 Å². The molecule has 8 heteroatoms. The van der Waals surface area contributed by atoms with Crippen LogP contribution in [-0.4, -0.2) is 27.5 Å². The molecule has 0 aromatic heterocycles. The number of benzene rings is 1. The van der Waals surface area contributed by atoms with Gasteiger partial charge in [0.25, 0.3) is 0 Å². The Labute approximate surface area is 109 Å². The molecule has 1 aromatic rings. The van der Waals surface area contributed by atoms with Crippen LogP contribution in [0.1, 0.15) is 12.8 Å². The molecule has 1 aliphatic carbocycles. The third-order valence-corrected chi connectivity index (χ3v) is 4.17. The maximum Gasteiger partial charge on any atom is 0.246 e. The molecule has 2 N–H and O–H groups in total. The van der Waals surface area contributed by atoms with Crippen molar-refractivity contribution in [2.24, 2.45) is 0 Å². The van der Waals surface area contributed by atoms with Gasteiger partial charge in [-0.3, -0.25) is 0 Å². The van der Waals surface area contributed by atoms with Crippen LogP contribution in [0.3, 0.4) is 0 Å². The zero-order valence-corrected chi connectivity index (χ0v) is 10.7. The first-order valence-corrected chi connectivity index (χ1v) is 7.26. The lowest BCUT2D eigenvalue weighted by atomic mass is 10.3. The molecule has 1 aromatic carbocycles. The van der Waals surface area contributed by atoms with Gasteiger partial charge in [-0.15, -0.1) is 0 Å². The minimum absolute atomic E-state index is 0.00902. The highest BCUT2D eigenvalue weighted by atomic mass is 32.2. The van der Waals surface area contributed by atoms with E-state index >= 15 is 0 Å². The van der Waals surface area contributed by atoms with Gasteiger partial charge in [0.1, 0.15) is 17.5 Å². The van der Waals surface area contributed by atoms with Crippen molar-refractivity contribution in [2.75, 3.05) is 13.1 Å². The molecule has 0 radical (unpaired) electrons. The lowest BCUT2D eigenvalue weighted by molar-refractivity contribution is 0.493. The second kappa shape index (κ2) is 5.48. The van der Waals surface area contributed by atoms with Gasteiger partial charge in [0.15, 0.2) is 4.90 Å². The Bertz CT molecular complexity index is 550. The van der Waals surface area contributed by atoms with E-state index in [0.717, 1.165) is 12.8 Å². The van der Waals surface area contributed by atoms with E-state index in [1.54, 1.807) is 0 Å². The molecule has 2 rings (SSSR count). The molecule has 1 aliphatic rings. The van der Waals surface area contributed by atoms with E-state index in [-0.39, 0.29) is 6.54 Å². The van der Waals surface area contributed by atoms with Gasteiger partial charge in [0.05, 0.1) is 0 Å². The van der Waals surface area contributed by atoms with Gasteiger partial charge in [-0.1, -0.05) is 0 Å². The zero-order chi connectivity index (χ0) is 14.0. The summed E-state index contributed by atoms with van der Waals surface area (Å²) in [7, 11) is -4.32. The largest absolute Gasteiger partial charge is 0.313 e. The molecule has 0 saturated heterocycles. The first-order valence-electron chi connectivity index (χ1n) is 5.78. The van der Waals surface area contributed by atoms with Crippen molar-refractivity contribution in [1.29, 1.82) is 0 Å². The van der Waals surface area contributed by atoms with Gasteiger partial charge in [-0.25, -0.2) is 26.3 Å². The smallest absolute Gasteiger partial charge is 0.246 e. The number of halogens is 3. The fourth-order valence-electron chi connectivity index (χ4n) is 1.61. The molecule has 1 saturated carbocycles. The fraction of sp³-hybridized carbons (Fsp3) is 0.455. The quantitative estimate of drug-likeness (QED) is 0.773. The van der Waals surface area contributed by atoms with Gasteiger partial charge in [0.2, 0.25) is 10.0 Å². The van der Waals surface area contributed by atoms with E-state index in [4.69, 9.17) is 0 Å². The molecular formula is C11H13F3N2O2S. The van der Waals surface area contributed by atoms with Gasteiger partial charge in [-0.05, 0) is 12.8 Å². The molecule has 0 heterocycles. The summed E-state index contributed by atoms with van der Waals surface area (Å²) in [6.07, 6.45) is 2.10. The highest BCUT2D eigenvalue weighted by Gasteiger charge is 2.25. The molecule has 106 valence electrons. The maximum absolute atomic E-state index is 13.3. The summed E-state index contributed by atoms with van der Waals surface area (Å²) >= 11 is 0. The molecule has 19 heavy (non-hydrogen) atoms. The molecular weight excluding hydrogens is 281 g/mol. The van der Waals surface area contributed by atoms with Crippen LogP contribution in [0.15, 0.2) is 17.0 Å². The van der Waals surface area contributed by atoms with Gasteiger partial charge in [0, 0.05) is 31.3 Å². The highest BCUT2D eigenvalue weighted by Crippen LogP contribution is 2.20. The summed E-state index contributed by atoms with van der Waals surface area (Å²) < 4.78 is 64.8. The maximum atomic E-state index is 13.3. The first kappa shape index (κ1) is 14.3. The minimum Gasteiger partial charge on any atom is -0.313 e. The Kier molecular flexibility index (Phi) is 4.12. The summed E-state index contributed by atoms with van der Waals surface area (Å²) in [5.41, 5.74) is 0. The Balaban J connectivity index is 2.05. The summed E-state index contributed by atoms with van der Waals surface area (Å²) in [5.74, 6) is -4.05. The van der Waals surface area contributed by atoms with E-state index < -0.39 is 32.4 Å². The lowest BCUT2D eigenvalue weighted by Gasteiger charge is -2.09. The van der Waals surface area contributed by atoms with E-state index in [1.807, 2.05) is 0 Å². The zero-order valence-electron chi connectivity index (χ0n) is 9.92. The van der Waals surface area contributed by atoms with Crippen LogP contribution in [0, 0.1) is 17.5 Å². The van der Waals surface area contributed by atoms with E-state index in [9.17, 15) is 21.6 Å². The van der Waals surface area contributed by atoms with Gasteiger partial charge >= 0.3 is 0 Å². The van der Waals surface area contributed by atoms with Crippen molar-refractivity contribution >= 4 is 10.0 Å². The predicted octanol–water partition coefficient (Wildman–Crippen LogP) is 1.13. The van der Waals surface area contributed by atoms with Crippen LogP contribution < -0.4 is 10.0 Å². The second-order valence-corrected chi connectivity index (χ2v) is 6.03. The Hall–Kier alpha value is -1.12. The average molecular weight is 294 g/mol. The first-order chi connectivity index (χ1) is 8.90. The monoisotopic (exact) mass is 294 g/mol. The van der Waals surface area contributed by atoms with Crippen molar-refractivity contribution in [3.05, 3.63) is 29.6 Å². The van der Waals surface area contributed by atoms with Gasteiger partial charge < -0.3 is 5.32 Å². The third kappa shape index (κ3) is 3.68. The summed E-state index contributed by atoms with van der Waals surface area (Å²) in [5, 5.41) is 3.04. The summed E-state index contributed by atoms with van der Waals surface area (Å²) in [6, 6.07) is 1.07. The SMILES string of the molecule is O=S(=O)(NCCNC1CC1)c1c(F)cc(F)cc1F. The number of hydrogen-bond acceptors (Lipinski definition) is 3. The van der Waals surface area contributed by atoms with Crippen LogP contribution in [-0.2, 0) is 10.0 Å². The predicted molar refractivity (Wildman–Crippen MR) is 62.5 cm³/mol. The Morgan fingerprint density at radius 1 is 1.11 bits per heavy atom.